The molecule has 0 amide bonds. The van der Waals surface area contributed by atoms with Crippen LogP contribution in [0.1, 0.15) is 10.4 Å². The van der Waals surface area contributed by atoms with Crippen molar-refractivity contribution >= 4 is 39.8 Å². The number of halogens is 1. The van der Waals surface area contributed by atoms with Crippen LogP contribution in [0, 0.1) is 6.92 Å². The van der Waals surface area contributed by atoms with Crippen molar-refractivity contribution in [2.24, 2.45) is 5.10 Å². The highest BCUT2D eigenvalue weighted by Gasteiger charge is 2.12. The Bertz CT molecular complexity index is 665. The van der Waals surface area contributed by atoms with E-state index in [1.165, 1.54) is 5.00 Å². The molecule has 1 N–H and O–H groups in total. The van der Waals surface area contributed by atoms with Crippen LogP contribution in [0.5, 0.6) is 0 Å². The number of aryl methyl sites for hydroxylation is 1. The molecule has 2 aromatic rings. The van der Waals surface area contributed by atoms with Crippen LogP contribution in [0.2, 0.25) is 5.02 Å². The second kappa shape index (κ2) is 7.13. The zero-order valence-corrected chi connectivity index (χ0v) is 14.0. The molecule has 1 aromatic heterocycles. The Kier molecular flexibility index (Phi) is 4.97. The van der Waals surface area contributed by atoms with E-state index >= 15 is 0 Å². The smallest absolute Gasteiger partial charge is 0.0916 e. The van der Waals surface area contributed by atoms with Gasteiger partial charge in [0.05, 0.1) is 30.1 Å². The van der Waals surface area contributed by atoms with Gasteiger partial charge in [0.1, 0.15) is 0 Å². The summed E-state index contributed by atoms with van der Waals surface area (Å²) in [5.41, 5.74) is 4.95. The molecular weight excluding hydrogens is 318 g/mol. The van der Waals surface area contributed by atoms with Crippen LogP contribution in [-0.4, -0.2) is 32.5 Å². The third-order valence-corrected chi connectivity index (χ3v) is 4.98. The zero-order valence-electron chi connectivity index (χ0n) is 12.4. The van der Waals surface area contributed by atoms with E-state index in [-0.39, 0.29) is 0 Å². The number of anilines is 2. The number of thiophene rings is 1. The van der Waals surface area contributed by atoms with Crippen molar-refractivity contribution < 1.29 is 4.74 Å². The van der Waals surface area contributed by atoms with Gasteiger partial charge in [0, 0.05) is 23.0 Å². The molecule has 0 unspecified atom stereocenters. The molecule has 0 aliphatic carbocycles. The first-order chi connectivity index (χ1) is 10.7. The zero-order chi connectivity index (χ0) is 15.4. The first-order valence-corrected chi connectivity index (χ1v) is 8.39. The fraction of sp³-hybridized carbons (Fsp3) is 0.312. The van der Waals surface area contributed by atoms with Gasteiger partial charge in [-0.1, -0.05) is 17.7 Å². The van der Waals surface area contributed by atoms with Gasteiger partial charge >= 0.3 is 0 Å². The highest BCUT2D eigenvalue weighted by molar-refractivity contribution is 7.17. The van der Waals surface area contributed by atoms with E-state index in [9.17, 15) is 0 Å². The largest absolute Gasteiger partial charge is 0.378 e. The van der Waals surface area contributed by atoms with E-state index in [1.807, 2.05) is 31.3 Å². The lowest BCUT2D eigenvalue weighted by molar-refractivity contribution is 0.123. The fourth-order valence-corrected chi connectivity index (χ4v) is 3.31. The van der Waals surface area contributed by atoms with E-state index < -0.39 is 0 Å². The summed E-state index contributed by atoms with van der Waals surface area (Å²) in [6.45, 7) is 5.50. The summed E-state index contributed by atoms with van der Waals surface area (Å²) in [5.74, 6) is 0. The van der Waals surface area contributed by atoms with E-state index in [4.69, 9.17) is 16.3 Å². The molecule has 1 saturated heterocycles. The van der Waals surface area contributed by atoms with Gasteiger partial charge in [0.2, 0.25) is 0 Å². The first kappa shape index (κ1) is 15.3. The van der Waals surface area contributed by atoms with Crippen LogP contribution < -0.4 is 10.3 Å². The summed E-state index contributed by atoms with van der Waals surface area (Å²) in [7, 11) is 0. The van der Waals surface area contributed by atoms with E-state index in [0.717, 1.165) is 47.5 Å². The van der Waals surface area contributed by atoms with Crippen LogP contribution >= 0.6 is 22.9 Å². The number of nitrogens with one attached hydrogen (secondary N) is 1. The molecule has 3 rings (SSSR count). The monoisotopic (exact) mass is 335 g/mol. The SMILES string of the molecule is Cc1ccc(N/N=C/c2ccc(N3CCOCC3)s2)cc1Cl. The molecule has 0 atom stereocenters. The van der Waals surface area contributed by atoms with E-state index in [0.29, 0.717) is 0 Å². The van der Waals surface area contributed by atoms with Gasteiger partial charge in [0.25, 0.3) is 0 Å². The number of hydrogen-bond acceptors (Lipinski definition) is 5. The maximum Gasteiger partial charge on any atom is 0.0916 e. The minimum absolute atomic E-state index is 0.742. The van der Waals surface area contributed by atoms with Crippen molar-refractivity contribution in [2.75, 3.05) is 36.6 Å². The predicted octanol–water partition coefficient (Wildman–Crippen LogP) is 3.99. The van der Waals surface area contributed by atoms with Crippen LogP contribution in [0.25, 0.3) is 0 Å². The van der Waals surface area contributed by atoms with Gasteiger partial charge in [-0.05, 0) is 36.8 Å². The van der Waals surface area contributed by atoms with Gasteiger partial charge < -0.3 is 9.64 Å². The number of ether oxygens (including phenoxy) is 1. The van der Waals surface area contributed by atoms with Gasteiger partial charge in [-0.15, -0.1) is 11.3 Å². The Morgan fingerprint density at radius 3 is 2.86 bits per heavy atom. The molecule has 0 saturated carbocycles. The van der Waals surface area contributed by atoms with Crippen molar-refractivity contribution in [1.29, 1.82) is 0 Å². The van der Waals surface area contributed by atoms with Crippen molar-refractivity contribution in [2.45, 2.75) is 6.92 Å². The average molecular weight is 336 g/mol. The number of hydrazone groups is 1. The standard InChI is InChI=1S/C16H18ClN3OS/c1-12-2-3-13(10-15(12)17)19-18-11-14-4-5-16(22-14)20-6-8-21-9-7-20/h2-5,10-11,19H,6-9H2,1H3/b18-11+. The molecule has 116 valence electrons. The number of hydrogen-bond donors (Lipinski definition) is 1. The summed E-state index contributed by atoms with van der Waals surface area (Å²) in [4.78, 5) is 3.46. The maximum atomic E-state index is 6.09. The normalized spacial score (nSPS) is 15.5. The number of rotatable bonds is 4. The summed E-state index contributed by atoms with van der Waals surface area (Å²) in [6.07, 6.45) is 1.84. The fourth-order valence-electron chi connectivity index (χ4n) is 2.20. The van der Waals surface area contributed by atoms with Gasteiger partial charge in [-0.3, -0.25) is 5.43 Å². The van der Waals surface area contributed by atoms with E-state index in [1.54, 1.807) is 11.3 Å². The van der Waals surface area contributed by atoms with Crippen molar-refractivity contribution in [3.63, 3.8) is 0 Å². The second-order valence-corrected chi connectivity index (χ2v) is 6.61. The number of nitrogens with zero attached hydrogens (tertiary/aromatic N) is 2. The molecule has 1 aliphatic heterocycles. The van der Waals surface area contributed by atoms with E-state index in [2.05, 4.69) is 27.6 Å². The summed E-state index contributed by atoms with van der Waals surface area (Å²) >= 11 is 7.83. The Morgan fingerprint density at radius 1 is 1.27 bits per heavy atom. The molecule has 4 nitrogen and oxygen atoms in total. The molecule has 0 bridgehead atoms. The second-order valence-electron chi connectivity index (χ2n) is 5.11. The third kappa shape index (κ3) is 3.80. The minimum Gasteiger partial charge on any atom is -0.378 e. The van der Waals surface area contributed by atoms with Gasteiger partial charge in [-0.25, -0.2) is 0 Å². The maximum absolute atomic E-state index is 6.09. The molecule has 2 heterocycles. The Morgan fingerprint density at radius 2 is 2.09 bits per heavy atom. The molecule has 0 radical (unpaired) electrons. The summed E-state index contributed by atoms with van der Waals surface area (Å²) < 4.78 is 5.38. The molecular formula is C16H18ClN3OS. The molecule has 22 heavy (non-hydrogen) atoms. The van der Waals surface area contributed by atoms with Gasteiger partial charge in [0.15, 0.2) is 0 Å². The highest BCUT2D eigenvalue weighted by Crippen LogP contribution is 2.26. The number of benzene rings is 1. The molecule has 1 aromatic carbocycles. The van der Waals surface area contributed by atoms with Crippen LogP contribution in [0.15, 0.2) is 35.4 Å². The first-order valence-electron chi connectivity index (χ1n) is 7.20. The molecule has 6 heteroatoms. The van der Waals surface area contributed by atoms with Gasteiger partial charge in [-0.2, -0.15) is 5.10 Å². The average Bonchev–Trinajstić information content (AvgIpc) is 3.01. The molecule has 1 aliphatic rings. The third-order valence-electron chi connectivity index (χ3n) is 3.49. The summed E-state index contributed by atoms with van der Waals surface area (Å²) in [5, 5.41) is 6.28. The van der Waals surface area contributed by atoms with Crippen molar-refractivity contribution in [1.82, 2.24) is 0 Å². The molecule has 0 spiro atoms. The lowest BCUT2D eigenvalue weighted by Crippen LogP contribution is -2.35. The Hall–Kier alpha value is -1.56. The minimum atomic E-state index is 0.742. The Balaban J connectivity index is 1.60. The van der Waals surface area contributed by atoms with Crippen molar-refractivity contribution in [3.05, 3.63) is 45.8 Å². The molecule has 1 fully saturated rings. The highest BCUT2D eigenvalue weighted by atomic mass is 35.5. The number of morpholine rings is 1. The lowest BCUT2D eigenvalue weighted by Gasteiger charge is -2.27. The predicted molar refractivity (Wildman–Crippen MR) is 94.8 cm³/mol. The Labute approximate surface area is 139 Å². The van der Waals surface area contributed by atoms with Crippen LogP contribution in [0.4, 0.5) is 10.7 Å². The van der Waals surface area contributed by atoms with Crippen LogP contribution in [0.3, 0.4) is 0 Å². The topological polar surface area (TPSA) is 36.9 Å². The van der Waals surface area contributed by atoms with Crippen molar-refractivity contribution in [3.8, 4) is 0 Å². The summed E-state index contributed by atoms with van der Waals surface area (Å²) in [6, 6.07) is 10.0. The quantitative estimate of drug-likeness (QED) is 0.678. The van der Waals surface area contributed by atoms with Crippen LogP contribution in [-0.2, 0) is 4.74 Å². The lowest BCUT2D eigenvalue weighted by atomic mass is 10.2.